The predicted molar refractivity (Wildman–Crippen MR) is 163 cm³/mol. The lowest BCUT2D eigenvalue weighted by Gasteiger charge is -2.21. The summed E-state index contributed by atoms with van der Waals surface area (Å²) in [5.41, 5.74) is 11.4. The molecule has 1 atom stereocenters. The van der Waals surface area contributed by atoms with Crippen LogP contribution in [0.4, 0.5) is 0 Å². The van der Waals surface area contributed by atoms with E-state index in [-0.39, 0.29) is 5.41 Å². The van der Waals surface area contributed by atoms with Crippen molar-refractivity contribution in [1.82, 2.24) is 9.88 Å². The summed E-state index contributed by atoms with van der Waals surface area (Å²) in [4.78, 5) is 0. The number of hydrogen-bond acceptors (Lipinski definition) is 1. The van der Waals surface area contributed by atoms with Crippen molar-refractivity contribution >= 4 is 5.70 Å². The normalized spacial score (nSPS) is 15.4. The molecule has 0 bridgehead atoms. The Kier molecular flexibility index (Phi) is 7.17. The van der Waals surface area contributed by atoms with Gasteiger partial charge in [-0.1, -0.05) is 120 Å². The minimum absolute atomic E-state index is 0.0436. The molecule has 1 aliphatic rings. The second-order valence-corrected chi connectivity index (χ2v) is 11.9. The number of benzene rings is 3. The standard InChI is InChI=1S/C36H40N2/c1-25(2)33-19-20-34(37-33)32-18-11-10-15-29(32)21-26(3)38-24-31(36(4,5)6)23-35(38)30-17-12-16-28(22-30)27-13-8-7-9-14-27/h7-19,22-25,34,37H,3,20-21H2,1-2,4-6H3. The van der Waals surface area contributed by atoms with Crippen LogP contribution in [0.2, 0.25) is 0 Å². The number of allylic oxidation sites excluding steroid dienone is 2. The average molecular weight is 501 g/mol. The zero-order valence-corrected chi connectivity index (χ0v) is 23.5. The van der Waals surface area contributed by atoms with Gasteiger partial charge in [0.15, 0.2) is 0 Å². The van der Waals surface area contributed by atoms with Gasteiger partial charge in [-0.25, -0.2) is 0 Å². The monoisotopic (exact) mass is 500 g/mol. The smallest absolute Gasteiger partial charge is 0.0548 e. The summed E-state index contributed by atoms with van der Waals surface area (Å²) in [5, 5.41) is 3.77. The third kappa shape index (κ3) is 5.41. The van der Waals surface area contributed by atoms with E-state index in [1.807, 2.05) is 0 Å². The SMILES string of the molecule is C=C(Cc1ccccc1C1CC=C(C(C)C)N1)n1cc(C(C)(C)C)cc1-c1cccc(-c2ccccc2)c1. The van der Waals surface area contributed by atoms with Crippen LogP contribution in [0.1, 0.15) is 63.8 Å². The van der Waals surface area contributed by atoms with Crippen LogP contribution in [-0.4, -0.2) is 4.57 Å². The summed E-state index contributed by atoms with van der Waals surface area (Å²) in [6.07, 6.45) is 6.49. The van der Waals surface area contributed by atoms with E-state index in [1.165, 1.54) is 44.8 Å². The number of rotatable bonds is 7. The van der Waals surface area contributed by atoms with Crippen LogP contribution in [0.5, 0.6) is 0 Å². The van der Waals surface area contributed by atoms with Crippen molar-refractivity contribution in [3.63, 3.8) is 0 Å². The molecule has 1 N–H and O–H groups in total. The van der Waals surface area contributed by atoms with E-state index in [0.717, 1.165) is 18.5 Å². The zero-order chi connectivity index (χ0) is 26.9. The zero-order valence-electron chi connectivity index (χ0n) is 23.5. The maximum absolute atomic E-state index is 4.62. The molecule has 1 aromatic heterocycles. The van der Waals surface area contributed by atoms with Gasteiger partial charge in [0.2, 0.25) is 0 Å². The van der Waals surface area contributed by atoms with Crippen LogP contribution in [0.15, 0.2) is 109 Å². The molecule has 5 rings (SSSR count). The molecule has 0 amide bonds. The first-order valence-electron chi connectivity index (χ1n) is 13.8. The van der Waals surface area contributed by atoms with E-state index in [2.05, 4.69) is 148 Å². The van der Waals surface area contributed by atoms with Crippen molar-refractivity contribution in [3.05, 3.63) is 126 Å². The minimum atomic E-state index is 0.0436. The number of nitrogens with one attached hydrogen (secondary N) is 1. The molecule has 3 aromatic carbocycles. The molecule has 1 aliphatic heterocycles. The maximum atomic E-state index is 4.62. The van der Waals surface area contributed by atoms with Crippen LogP contribution in [0, 0.1) is 5.92 Å². The Morgan fingerprint density at radius 1 is 0.895 bits per heavy atom. The first-order valence-corrected chi connectivity index (χ1v) is 13.8. The third-order valence-electron chi connectivity index (χ3n) is 7.65. The quantitative estimate of drug-likeness (QED) is 0.267. The van der Waals surface area contributed by atoms with Gasteiger partial charge in [0.05, 0.1) is 11.7 Å². The van der Waals surface area contributed by atoms with E-state index in [1.54, 1.807) is 0 Å². The molecular weight excluding hydrogens is 460 g/mol. The number of nitrogens with zero attached hydrogens (tertiary/aromatic N) is 1. The Morgan fingerprint density at radius 3 is 2.29 bits per heavy atom. The first-order chi connectivity index (χ1) is 18.2. The van der Waals surface area contributed by atoms with Crippen LogP contribution < -0.4 is 5.32 Å². The van der Waals surface area contributed by atoms with Gasteiger partial charge in [-0.3, -0.25) is 0 Å². The van der Waals surface area contributed by atoms with Crippen LogP contribution in [-0.2, 0) is 11.8 Å². The van der Waals surface area contributed by atoms with Gasteiger partial charge in [-0.2, -0.15) is 0 Å². The van der Waals surface area contributed by atoms with Crippen molar-refractivity contribution < 1.29 is 0 Å². The summed E-state index contributed by atoms with van der Waals surface area (Å²) in [7, 11) is 0. The summed E-state index contributed by atoms with van der Waals surface area (Å²) in [6, 6.07) is 31.0. The first kappa shape index (κ1) is 25.9. The molecule has 0 saturated carbocycles. The van der Waals surface area contributed by atoms with Gasteiger partial charge in [-0.15, -0.1) is 0 Å². The molecule has 0 aliphatic carbocycles. The second-order valence-electron chi connectivity index (χ2n) is 11.9. The molecule has 0 fully saturated rings. The molecule has 0 radical (unpaired) electrons. The summed E-state index contributed by atoms with van der Waals surface area (Å²) >= 11 is 0. The minimum Gasteiger partial charge on any atom is -0.381 e. The van der Waals surface area contributed by atoms with Gasteiger partial charge >= 0.3 is 0 Å². The lowest BCUT2D eigenvalue weighted by Crippen LogP contribution is -2.19. The van der Waals surface area contributed by atoms with Crippen molar-refractivity contribution in [2.45, 2.75) is 58.9 Å². The van der Waals surface area contributed by atoms with Gasteiger partial charge in [0, 0.05) is 24.0 Å². The van der Waals surface area contributed by atoms with Crippen LogP contribution in [0.25, 0.3) is 28.1 Å². The van der Waals surface area contributed by atoms with Crippen molar-refractivity contribution in [2.75, 3.05) is 0 Å². The molecule has 38 heavy (non-hydrogen) atoms. The van der Waals surface area contributed by atoms with Crippen molar-refractivity contribution in [1.29, 1.82) is 0 Å². The van der Waals surface area contributed by atoms with Crippen LogP contribution in [0.3, 0.4) is 0 Å². The van der Waals surface area contributed by atoms with Gasteiger partial charge in [-0.05, 0) is 63.3 Å². The van der Waals surface area contributed by atoms with E-state index in [4.69, 9.17) is 0 Å². The molecule has 1 unspecified atom stereocenters. The molecule has 0 saturated heterocycles. The van der Waals surface area contributed by atoms with E-state index < -0.39 is 0 Å². The largest absolute Gasteiger partial charge is 0.381 e. The van der Waals surface area contributed by atoms with Crippen molar-refractivity contribution in [2.24, 2.45) is 5.92 Å². The Balaban J connectivity index is 1.49. The van der Waals surface area contributed by atoms with Crippen molar-refractivity contribution in [3.8, 4) is 22.4 Å². The Labute approximate surface area is 228 Å². The van der Waals surface area contributed by atoms with Gasteiger partial charge in [0.25, 0.3) is 0 Å². The lowest BCUT2D eigenvalue weighted by atomic mass is 9.89. The molecule has 2 heterocycles. The Hall–Kier alpha value is -3.78. The summed E-state index contributed by atoms with van der Waals surface area (Å²) in [5.74, 6) is 0.520. The molecular formula is C36H40N2. The molecule has 2 nitrogen and oxygen atoms in total. The molecule has 0 spiro atoms. The fourth-order valence-corrected chi connectivity index (χ4v) is 5.36. The van der Waals surface area contributed by atoms with E-state index in [0.29, 0.717) is 12.0 Å². The average Bonchev–Trinajstić information content (AvgIpc) is 3.58. The van der Waals surface area contributed by atoms with E-state index in [9.17, 15) is 0 Å². The van der Waals surface area contributed by atoms with Gasteiger partial charge in [0.1, 0.15) is 0 Å². The fourth-order valence-electron chi connectivity index (χ4n) is 5.36. The maximum Gasteiger partial charge on any atom is 0.0548 e. The summed E-state index contributed by atoms with van der Waals surface area (Å²) in [6.45, 7) is 16.0. The fraction of sp³-hybridized carbons (Fsp3) is 0.278. The van der Waals surface area contributed by atoms with Crippen LogP contribution >= 0.6 is 0 Å². The highest BCUT2D eigenvalue weighted by Gasteiger charge is 2.23. The number of aromatic nitrogens is 1. The topological polar surface area (TPSA) is 17.0 Å². The molecule has 194 valence electrons. The highest BCUT2D eigenvalue weighted by Crippen LogP contribution is 2.35. The predicted octanol–water partition coefficient (Wildman–Crippen LogP) is 9.41. The third-order valence-corrected chi connectivity index (χ3v) is 7.65. The lowest BCUT2D eigenvalue weighted by molar-refractivity contribution is 0.590. The number of hydrogen-bond donors (Lipinski definition) is 1. The highest BCUT2D eigenvalue weighted by molar-refractivity contribution is 5.74. The Bertz CT molecular complexity index is 1460. The second kappa shape index (κ2) is 10.5. The Morgan fingerprint density at radius 2 is 1.58 bits per heavy atom. The summed E-state index contributed by atoms with van der Waals surface area (Å²) < 4.78 is 2.32. The van der Waals surface area contributed by atoms with Gasteiger partial charge < -0.3 is 9.88 Å². The van der Waals surface area contributed by atoms with E-state index >= 15 is 0 Å². The molecule has 2 heteroatoms. The highest BCUT2D eigenvalue weighted by atomic mass is 15.0. The molecule has 4 aromatic rings.